The molecule has 0 bridgehead atoms. The Hall–Kier alpha value is -0.880. The van der Waals surface area contributed by atoms with Gasteiger partial charge in [0.05, 0.1) is 5.52 Å². The number of aromatic nitrogens is 2. The van der Waals surface area contributed by atoms with Crippen LogP contribution < -0.4 is 0 Å². The fourth-order valence-corrected chi connectivity index (χ4v) is 2.27. The monoisotopic (exact) mass is 274 g/mol. The van der Waals surface area contributed by atoms with Crippen molar-refractivity contribution in [1.29, 1.82) is 0 Å². The zero-order valence-electron chi connectivity index (χ0n) is 9.46. The molecule has 0 aliphatic heterocycles. The zero-order chi connectivity index (χ0) is 12.6. The van der Waals surface area contributed by atoms with E-state index in [4.69, 9.17) is 12.2 Å². The van der Waals surface area contributed by atoms with Crippen LogP contribution in [0.5, 0.6) is 0 Å². The van der Waals surface area contributed by atoms with Crippen molar-refractivity contribution in [2.75, 3.05) is 6.26 Å². The summed E-state index contributed by atoms with van der Waals surface area (Å²) in [6, 6.07) is 2.61. The summed E-state index contributed by atoms with van der Waals surface area (Å²) in [5, 5.41) is 0.281. The predicted octanol–water partition coefficient (Wildman–Crippen LogP) is 3.73. The summed E-state index contributed by atoms with van der Waals surface area (Å²) < 4.78 is 29.0. The van der Waals surface area contributed by atoms with E-state index in [-0.39, 0.29) is 10.8 Å². The Morgan fingerprint density at radius 2 is 2.18 bits per heavy atom. The fraction of sp³-hybridized carbons (Fsp3) is 0.364. The molecule has 1 aromatic heterocycles. The molecule has 1 N–H and O–H groups in total. The number of halogens is 2. The van der Waals surface area contributed by atoms with Crippen molar-refractivity contribution in [2.24, 2.45) is 0 Å². The SMILES string of the molecule is CSC(C)Cn1c(=S)[nH]c2ccc(F)c(F)c21. The van der Waals surface area contributed by atoms with Gasteiger partial charge in [0.2, 0.25) is 0 Å². The Balaban J connectivity index is 2.65. The minimum atomic E-state index is -0.850. The summed E-state index contributed by atoms with van der Waals surface area (Å²) in [7, 11) is 0. The van der Waals surface area contributed by atoms with Crippen molar-refractivity contribution in [2.45, 2.75) is 18.7 Å². The number of imidazole rings is 1. The van der Waals surface area contributed by atoms with Gasteiger partial charge >= 0.3 is 0 Å². The summed E-state index contributed by atoms with van der Waals surface area (Å²) >= 11 is 6.78. The number of nitrogens with zero attached hydrogens (tertiary/aromatic N) is 1. The Kier molecular flexibility index (Phi) is 3.53. The lowest BCUT2D eigenvalue weighted by Crippen LogP contribution is -2.09. The van der Waals surface area contributed by atoms with E-state index in [0.717, 1.165) is 6.07 Å². The number of benzene rings is 1. The van der Waals surface area contributed by atoms with E-state index in [2.05, 4.69) is 4.98 Å². The molecule has 17 heavy (non-hydrogen) atoms. The van der Waals surface area contributed by atoms with Crippen LogP contribution in [0.4, 0.5) is 8.78 Å². The van der Waals surface area contributed by atoms with E-state index in [0.29, 0.717) is 16.8 Å². The van der Waals surface area contributed by atoms with Crippen LogP contribution >= 0.6 is 24.0 Å². The fourth-order valence-electron chi connectivity index (χ4n) is 1.69. The summed E-state index contributed by atoms with van der Waals surface area (Å²) in [6.07, 6.45) is 1.97. The number of hydrogen-bond donors (Lipinski definition) is 1. The second-order valence-electron chi connectivity index (χ2n) is 3.84. The number of H-pyrrole nitrogens is 1. The average molecular weight is 274 g/mol. The van der Waals surface area contributed by atoms with Crippen LogP contribution in [-0.2, 0) is 6.54 Å². The molecule has 2 rings (SSSR count). The van der Waals surface area contributed by atoms with Crippen LogP contribution in [0.25, 0.3) is 11.0 Å². The van der Waals surface area contributed by atoms with Gasteiger partial charge in [-0.2, -0.15) is 11.8 Å². The van der Waals surface area contributed by atoms with Crippen molar-refractivity contribution in [3.05, 3.63) is 28.5 Å². The molecule has 1 unspecified atom stereocenters. The number of rotatable bonds is 3. The highest BCUT2D eigenvalue weighted by atomic mass is 32.2. The highest BCUT2D eigenvalue weighted by Gasteiger charge is 2.14. The third-order valence-electron chi connectivity index (χ3n) is 2.67. The van der Waals surface area contributed by atoms with E-state index in [9.17, 15) is 8.78 Å². The number of fused-ring (bicyclic) bond motifs is 1. The van der Waals surface area contributed by atoms with Gasteiger partial charge in [0.15, 0.2) is 16.4 Å². The molecule has 1 aromatic carbocycles. The number of aromatic amines is 1. The van der Waals surface area contributed by atoms with Gasteiger partial charge in [-0.25, -0.2) is 8.78 Å². The number of nitrogens with one attached hydrogen (secondary N) is 1. The lowest BCUT2D eigenvalue weighted by atomic mass is 10.3. The molecule has 0 aliphatic rings. The minimum Gasteiger partial charge on any atom is -0.330 e. The summed E-state index contributed by atoms with van der Waals surface area (Å²) in [5.41, 5.74) is 0.748. The molecule has 0 aliphatic carbocycles. The van der Waals surface area contributed by atoms with E-state index >= 15 is 0 Å². The van der Waals surface area contributed by atoms with Gasteiger partial charge in [-0.1, -0.05) is 6.92 Å². The van der Waals surface area contributed by atoms with E-state index in [1.54, 1.807) is 16.3 Å². The Morgan fingerprint density at radius 1 is 1.47 bits per heavy atom. The van der Waals surface area contributed by atoms with Crippen molar-refractivity contribution in [1.82, 2.24) is 9.55 Å². The maximum atomic E-state index is 13.8. The Morgan fingerprint density at radius 3 is 2.82 bits per heavy atom. The summed E-state index contributed by atoms with van der Waals surface area (Å²) in [5.74, 6) is -1.69. The van der Waals surface area contributed by atoms with Gasteiger partial charge in [-0.05, 0) is 30.6 Å². The number of thioether (sulfide) groups is 1. The van der Waals surface area contributed by atoms with Crippen molar-refractivity contribution < 1.29 is 8.78 Å². The molecule has 0 spiro atoms. The smallest absolute Gasteiger partial charge is 0.184 e. The first-order valence-electron chi connectivity index (χ1n) is 5.14. The van der Waals surface area contributed by atoms with E-state index in [1.807, 2.05) is 13.2 Å². The molecular weight excluding hydrogens is 262 g/mol. The molecule has 92 valence electrons. The van der Waals surface area contributed by atoms with Gasteiger partial charge < -0.3 is 9.55 Å². The van der Waals surface area contributed by atoms with Crippen molar-refractivity contribution in [3.63, 3.8) is 0 Å². The van der Waals surface area contributed by atoms with Crippen LogP contribution in [0.3, 0.4) is 0 Å². The third kappa shape index (κ3) is 2.24. The van der Waals surface area contributed by atoms with Gasteiger partial charge in [-0.3, -0.25) is 0 Å². The van der Waals surface area contributed by atoms with Crippen LogP contribution in [0, 0.1) is 16.4 Å². The molecule has 0 fully saturated rings. The zero-order valence-corrected chi connectivity index (χ0v) is 11.1. The van der Waals surface area contributed by atoms with Crippen LogP contribution in [0.15, 0.2) is 12.1 Å². The van der Waals surface area contributed by atoms with Crippen LogP contribution in [0.1, 0.15) is 6.92 Å². The van der Waals surface area contributed by atoms with Crippen molar-refractivity contribution in [3.8, 4) is 0 Å². The maximum Gasteiger partial charge on any atom is 0.184 e. The average Bonchev–Trinajstić information content (AvgIpc) is 2.61. The minimum absolute atomic E-state index is 0.218. The van der Waals surface area contributed by atoms with Crippen LogP contribution in [0.2, 0.25) is 0 Å². The Labute approximate surface area is 107 Å². The largest absolute Gasteiger partial charge is 0.330 e. The number of hydrogen-bond acceptors (Lipinski definition) is 2. The highest BCUT2D eigenvalue weighted by molar-refractivity contribution is 7.99. The summed E-state index contributed by atoms with van der Waals surface area (Å²) in [4.78, 5) is 2.89. The molecule has 1 heterocycles. The molecule has 0 radical (unpaired) electrons. The lowest BCUT2D eigenvalue weighted by Gasteiger charge is -2.10. The lowest BCUT2D eigenvalue weighted by molar-refractivity contribution is 0.510. The second kappa shape index (κ2) is 4.78. The molecule has 0 saturated heterocycles. The van der Waals surface area contributed by atoms with E-state index in [1.165, 1.54) is 6.07 Å². The topological polar surface area (TPSA) is 20.7 Å². The van der Waals surface area contributed by atoms with Gasteiger partial charge in [0.25, 0.3) is 0 Å². The molecule has 0 saturated carbocycles. The maximum absolute atomic E-state index is 13.8. The first kappa shape index (κ1) is 12.6. The van der Waals surface area contributed by atoms with Gasteiger partial charge in [-0.15, -0.1) is 0 Å². The molecule has 2 aromatic rings. The third-order valence-corrected chi connectivity index (χ3v) is 3.94. The molecule has 2 nitrogen and oxygen atoms in total. The quantitative estimate of drug-likeness (QED) is 0.861. The molecular formula is C11H12F2N2S2. The molecule has 6 heteroatoms. The predicted molar refractivity (Wildman–Crippen MR) is 70.0 cm³/mol. The van der Waals surface area contributed by atoms with Crippen LogP contribution in [-0.4, -0.2) is 21.1 Å². The standard InChI is InChI=1S/C11H12F2N2S2/c1-6(17-2)5-15-10-8(14-11(15)16)4-3-7(12)9(10)13/h3-4,6H,5H2,1-2H3,(H,14,16). The highest BCUT2D eigenvalue weighted by Crippen LogP contribution is 2.22. The molecule has 1 atom stereocenters. The normalized spacial score (nSPS) is 13.2. The Bertz CT molecular complexity index is 603. The summed E-state index contributed by atoms with van der Waals surface area (Å²) in [6.45, 7) is 2.57. The molecule has 0 amide bonds. The van der Waals surface area contributed by atoms with Crippen molar-refractivity contribution >= 4 is 35.0 Å². The van der Waals surface area contributed by atoms with Gasteiger partial charge in [0, 0.05) is 11.8 Å². The van der Waals surface area contributed by atoms with E-state index < -0.39 is 11.6 Å². The van der Waals surface area contributed by atoms with Gasteiger partial charge in [0.1, 0.15) is 5.52 Å². The first-order valence-corrected chi connectivity index (χ1v) is 6.83. The second-order valence-corrected chi connectivity index (χ2v) is 5.51. The first-order chi connectivity index (χ1) is 8.04.